The highest BCUT2D eigenvalue weighted by Crippen LogP contribution is 2.16. The van der Waals surface area contributed by atoms with E-state index >= 15 is 0 Å². The Bertz CT molecular complexity index is 365. The Hall–Kier alpha value is -1.20. The van der Waals surface area contributed by atoms with Gasteiger partial charge in [0, 0.05) is 37.2 Å². The van der Waals surface area contributed by atoms with Crippen LogP contribution in [-0.4, -0.2) is 29.8 Å². The Kier molecular flexibility index (Phi) is 4.28. The Morgan fingerprint density at radius 2 is 2.24 bits per heavy atom. The van der Waals surface area contributed by atoms with Gasteiger partial charge in [0.05, 0.1) is 6.61 Å². The van der Waals surface area contributed by atoms with Crippen LogP contribution in [0.2, 0.25) is 0 Å². The number of nitrogens with zero attached hydrogens (tertiary/aromatic N) is 2. The van der Waals surface area contributed by atoms with Gasteiger partial charge in [-0.05, 0) is 25.7 Å². The van der Waals surface area contributed by atoms with E-state index in [1.807, 2.05) is 6.92 Å². The average Bonchev–Trinajstić information content (AvgIpc) is 2.38. The Labute approximate surface area is 101 Å². The molecule has 0 amide bonds. The highest BCUT2D eigenvalue weighted by molar-refractivity contribution is 5.17. The van der Waals surface area contributed by atoms with Gasteiger partial charge < -0.3 is 15.2 Å². The van der Waals surface area contributed by atoms with Crippen LogP contribution in [0.4, 0.5) is 0 Å². The first-order valence-electron chi connectivity index (χ1n) is 6.02. The lowest BCUT2D eigenvalue weighted by Crippen LogP contribution is -2.22. The third kappa shape index (κ3) is 3.38. The van der Waals surface area contributed by atoms with Crippen molar-refractivity contribution in [3.8, 4) is 6.01 Å². The number of nitrogens with two attached hydrogens (primary N) is 1. The second-order valence-electron chi connectivity index (χ2n) is 4.33. The maximum absolute atomic E-state index is 5.61. The lowest BCUT2D eigenvalue weighted by molar-refractivity contribution is 0.0482. The van der Waals surface area contributed by atoms with E-state index in [9.17, 15) is 0 Å². The number of ether oxygens (including phenoxy) is 2. The summed E-state index contributed by atoms with van der Waals surface area (Å²) in [5, 5.41) is 0. The molecule has 0 aromatic carbocycles. The number of rotatable bonds is 4. The smallest absolute Gasteiger partial charge is 0.316 e. The van der Waals surface area contributed by atoms with Gasteiger partial charge in [0.2, 0.25) is 0 Å². The molecule has 5 nitrogen and oxygen atoms in total. The van der Waals surface area contributed by atoms with E-state index in [-0.39, 0.29) is 0 Å². The summed E-state index contributed by atoms with van der Waals surface area (Å²) in [5.74, 6) is 0.557. The zero-order valence-corrected chi connectivity index (χ0v) is 10.2. The first-order chi connectivity index (χ1) is 8.29. The van der Waals surface area contributed by atoms with E-state index in [2.05, 4.69) is 9.97 Å². The largest absolute Gasteiger partial charge is 0.463 e. The molecule has 1 saturated heterocycles. The van der Waals surface area contributed by atoms with Crippen LogP contribution >= 0.6 is 0 Å². The summed E-state index contributed by atoms with van der Waals surface area (Å²) in [7, 11) is 0. The molecule has 1 fully saturated rings. The summed E-state index contributed by atoms with van der Waals surface area (Å²) in [6, 6.07) is 0.450. The molecule has 94 valence electrons. The van der Waals surface area contributed by atoms with E-state index in [0.717, 1.165) is 37.3 Å². The first kappa shape index (κ1) is 12.3. The number of hydrogen-bond acceptors (Lipinski definition) is 5. The quantitative estimate of drug-likeness (QED) is 0.847. The van der Waals surface area contributed by atoms with Crippen LogP contribution in [0.5, 0.6) is 6.01 Å². The number of aryl methyl sites for hydroxylation is 1. The standard InChI is InChI=1S/C12H19N3O2/c1-9-11(6-13)7-14-12(15-9)17-8-10-2-4-16-5-3-10/h7,10H,2-6,8,13H2,1H3. The van der Waals surface area contributed by atoms with Gasteiger partial charge >= 0.3 is 6.01 Å². The van der Waals surface area contributed by atoms with Crippen LogP contribution in [0.25, 0.3) is 0 Å². The Morgan fingerprint density at radius 1 is 1.47 bits per heavy atom. The molecular formula is C12H19N3O2. The van der Waals surface area contributed by atoms with Crippen molar-refractivity contribution in [2.24, 2.45) is 11.7 Å². The van der Waals surface area contributed by atoms with Gasteiger partial charge in [-0.3, -0.25) is 0 Å². The van der Waals surface area contributed by atoms with E-state index in [4.69, 9.17) is 15.2 Å². The lowest BCUT2D eigenvalue weighted by atomic mass is 10.0. The van der Waals surface area contributed by atoms with Gasteiger partial charge in [-0.2, -0.15) is 0 Å². The maximum Gasteiger partial charge on any atom is 0.316 e. The van der Waals surface area contributed by atoms with Crippen molar-refractivity contribution in [1.82, 2.24) is 9.97 Å². The van der Waals surface area contributed by atoms with Crippen molar-refractivity contribution in [3.05, 3.63) is 17.5 Å². The van der Waals surface area contributed by atoms with Crippen molar-refractivity contribution in [3.63, 3.8) is 0 Å². The van der Waals surface area contributed by atoms with Crippen LogP contribution in [0.1, 0.15) is 24.1 Å². The first-order valence-corrected chi connectivity index (χ1v) is 6.02. The van der Waals surface area contributed by atoms with Crippen molar-refractivity contribution in [2.75, 3.05) is 19.8 Å². The van der Waals surface area contributed by atoms with Gasteiger partial charge in [0.25, 0.3) is 0 Å². The van der Waals surface area contributed by atoms with Crippen LogP contribution in [0, 0.1) is 12.8 Å². The van der Waals surface area contributed by atoms with Crippen molar-refractivity contribution in [2.45, 2.75) is 26.3 Å². The van der Waals surface area contributed by atoms with Gasteiger partial charge in [0.1, 0.15) is 0 Å². The van der Waals surface area contributed by atoms with Gasteiger partial charge in [-0.1, -0.05) is 0 Å². The second kappa shape index (κ2) is 5.93. The van der Waals surface area contributed by atoms with Crippen LogP contribution in [-0.2, 0) is 11.3 Å². The van der Waals surface area contributed by atoms with Gasteiger partial charge in [-0.25, -0.2) is 9.97 Å². The fraction of sp³-hybridized carbons (Fsp3) is 0.667. The van der Waals surface area contributed by atoms with E-state index < -0.39 is 0 Å². The molecule has 2 N–H and O–H groups in total. The van der Waals surface area contributed by atoms with Crippen molar-refractivity contribution in [1.29, 1.82) is 0 Å². The fourth-order valence-corrected chi connectivity index (χ4v) is 1.85. The van der Waals surface area contributed by atoms with Crippen LogP contribution in [0.15, 0.2) is 6.20 Å². The summed E-state index contributed by atoms with van der Waals surface area (Å²) >= 11 is 0. The molecule has 5 heteroatoms. The molecule has 0 bridgehead atoms. The summed E-state index contributed by atoms with van der Waals surface area (Å²) in [6.45, 7) is 4.72. The molecule has 1 aliphatic heterocycles. The predicted molar refractivity (Wildman–Crippen MR) is 63.7 cm³/mol. The number of aromatic nitrogens is 2. The number of hydrogen-bond donors (Lipinski definition) is 1. The monoisotopic (exact) mass is 237 g/mol. The van der Waals surface area contributed by atoms with Crippen LogP contribution in [0.3, 0.4) is 0 Å². The average molecular weight is 237 g/mol. The minimum Gasteiger partial charge on any atom is -0.463 e. The SMILES string of the molecule is Cc1nc(OCC2CCOCC2)ncc1CN. The molecule has 2 heterocycles. The lowest BCUT2D eigenvalue weighted by Gasteiger charge is -2.21. The normalized spacial score (nSPS) is 17.1. The molecule has 0 radical (unpaired) electrons. The zero-order valence-electron chi connectivity index (χ0n) is 10.2. The van der Waals surface area contributed by atoms with Crippen molar-refractivity contribution >= 4 is 0 Å². The molecule has 1 aromatic rings. The molecule has 0 aliphatic carbocycles. The molecule has 17 heavy (non-hydrogen) atoms. The van der Waals surface area contributed by atoms with Crippen LogP contribution < -0.4 is 10.5 Å². The maximum atomic E-state index is 5.61. The third-order valence-corrected chi connectivity index (χ3v) is 3.07. The van der Waals surface area contributed by atoms with Crippen molar-refractivity contribution < 1.29 is 9.47 Å². The molecule has 1 aliphatic rings. The minimum atomic E-state index is 0.450. The summed E-state index contributed by atoms with van der Waals surface area (Å²) in [4.78, 5) is 8.43. The Morgan fingerprint density at radius 3 is 2.88 bits per heavy atom. The summed E-state index contributed by atoms with van der Waals surface area (Å²) in [5.41, 5.74) is 7.41. The second-order valence-corrected chi connectivity index (χ2v) is 4.33. The summed E-state index contributed by atoms with van der Waals surface area (Å²) < 4.78 is 10.9. The zero-order chi connectivity index (χ0) is 12.1. The molecule has 2 rings (SSSR count). The molecule has 0 unspecified atom stereocenters. The minimum absolute atomic E-state index is 0.450. The van der Waals surface area contributed by atoms with E-state index in [1.54, 1.807) is 6.20 Å². The van der Waals surface area contributed by atoms with Gasteiger partial charge in [-0.15, -0.1) is 0 Å². The van der Waals surface area contributed by atoms with Gasteiger partial charge in [0.15, 0.2) is 0 Å². The third-order valence-electron chi connectivity index (χ3n) is 3.07. The molecule has 0 spiro atoms. The fourth-order valence-electron chi connectivity index (χ4n) is 1.85. The molecule has 1 aromatic heterocycles. The molecular weight excluding hydrogens is 218 g/mol. The van der Waals surface area contributed by atoms with E-state index in [0.29, 0.717) is 25.1 Å². The topological polar surface area (TPSA) is 70.3 Å². The Balaban J connectivity index is 1.87. The van der Waals surface area contributed by atoms with E-state index in [1.165, 1.54) is 0 Å². The molecule has 0 saturated carbocycles. The summed E-state index contributed by atoms with van der Waals surface area (Å²) in [6.07, 6.45) is 3.85. The highest BCUT2D eigenvalue weighted by atomic mass is 16.5. The highest BCUT2D eigenvalue weighted by Gasteiger charge is 2.15. The molecule has 0 atom stereocenters. The predicted octanol–water partition coefficient (Wildman–Crippen LogP) is 1.05.